The molecule has 0 aliphatic rings. The predicted octanol–water partition coefficient (Wildman–Crippen LogP) is 5.08. The maximum Gasteiger partial charge on any atom is 0.0829 e. The van der Waals surface area contributed by atoms with Gasteiger partial charge in [-0.2, -0.15) is 0 Å². The molecular formula is C19H22N2. The zero-order valence-electron chi connectivity index (χ0n) is 13.4. The van der Waals surface area contributed by atoms with E-state index in [0.29, 0.717) is 5.71 Å². The summed E-state index contributed by atoms with van der Waals surface area (Å²) < 4.78 is 0. The second-order valence-corrected chi connectivity index (χ2v) is 5.58. The molecule has 2 aromatic rings. The van der Waals surface area contributed by atoms with E-state index < -0.39 is 0 Å². The van der Waals surface area contributed by atoms with Crippen molar-refractivity contribution >= 4 is 17.1 Å². The Morgan fingerprint density at radius 1 is 0.810 bits per heavy atom. The second kappa shape index (κ2) is 6.04. The van der Waals surface area contributed by atoms with Crippen LogP contribution in [0.4, 0.5) is 5.69 Å². The monoisotopic (exact) mass is 278 g/mol. The van der Waals surface area contributed by atoms with E-state index in [-0.39, 0.29) is 0 Å². The third kappa shape index (κ3) is 3.10. The Morgan fingerprint density at radius 2 is 1.24 bits per heavy atom. The highest BCUT2D eigenvalue weighted by Gasteiger charge is 2.12. The van der Waals surface area contributed by atoms with Crippen LogP contribution in [-0.4, -0.2) is 11.4 Å². The molecule has 0 fully saturated rings. The van der Waals surface area contributed by atoms with Crippen LogP contribution in [0.3, 0.4) is 0 Å². The van der Waals surface area contributed by atoms with Crippen LogP contribution < -0.4 is 0 Å². The van der Waals surface area contributed by atoms with Crippen LogP contribution in [0, 0.1) is 33.1 Å². The summed E-state index contributed by atoms with van der Waals surface area (Å²) >= 11 is 0. The van der Waals surface area contributed by atoms with Crippen LogP contribution in [0.1, 0.15) is 34.7 Å². The zero-order valence-corrected chi connectivity index (χ0v) is 13.4. The van der Waals surface area contributed by atoms with Gasteiger partial charge in [-0.1, -0.05) is 36.4 Å². The van der Waals surface area contributed by atoms with Crippen molar-refractivity contribution in [1.29, 1.82) is 5.41 Å². The Kier molecular flexibility index (Phi) is 4.37. The van der Waals surface area contributed by atoms with Gasteiger partial charge >= 0.3 is 0 Å². The van der Waals surface area contributed by atoms with Gasteiger partial charge in [0.15, 0.2) is 0 Å². The molecule has 0 saturated heterocycles. The first-order valence-electron chi connectivity index (χ1n) is 7.19. The number of hydrogen-bond donors (Lipinski definition) is 1. The summed E-state index contributed by atoms with van der Waals surface area (Å²) in [6.07, 6.45) is 0. The summed E-state index contributed by atoms with van der Waals surface area (Å²) in [5.41, 5.74) is 7.76. The molecule has 0 aliphatic carbocycles. The van der Waals surface area contributed by atoms with Crippen molar-refractivity contribution in [3.05, 3.63) is 64.2 Å². The Balaban J connectivity index is 2.47. The highest BCUT2D eigenvalue weighted by Crippen LogP contribution is 2.24. The van der Waals surface area contributed by atoms with Crippen molar-refractivity contribution in [2.45, 2.75) is 34.6 Å². The molecular weight excluding hydrogens is 256 g/mol. The van der Waals surface area contributed by atoms with Crippen LogP contribution in [0.15, 0.2) is 41.4 Å². The van der Waals surface area contributed by atoms with Crippen molar-refractivity contribution in [2.75, 3.05) is 0 Å². The highest BCUT2D eigenvalue weighted by atomic mass is 14.8. The first kappa shape index (κ1) is 15.2. The van der Waals surface area contributed by atoms with E-state index in [2.05, 4.69) is 26.0 Å². The van der Waals surface area contributed by atoms with Gasteiger partial charge in [0.2, 0.25) is 0 Å². The van der Waals surface area contributed by atoms with Gasteiger partial charge in [-0.05, 0) is 56.9 Å². The number of rotatable bonds is 3. The van der Waals surface area contributed by atoms with Gasteiger partial charge in [-0.3, -0.25) is 10.4 Å². The molecule has 2 nitrogen and oxygen atoms in total. The minimum absolute atomic E-state index is 0.508. The predicted molar refractivity (Wildman–Crippen MR) is 91.4 cm³/mol. The van der Waals surface area contributed by atoms with Gasteiger partial charge in [0.1, 0.15) is 0 Å². The van der Waals surface area contributed by atoms with Crippen molar-refractivity contribution in [3.63, 3.8) is 0 Å². The van der Waals surface area contributed by atoms with Crippen LogP contribution >= 0.6 is 0 Å². The molecule has 2 rings (SSSR count). The summed E-state index contributed by atoms with van der Waals surface area (Å²) in [6.45, 7) is 10.1. The average molecular weight is 278 g/mol. The van der Waals surface area contributed by atoms with Crippen molar-refractivity contribution < 1.29 is 0 Å². The van der Waals surface area contributed by atoms with Gasteiger partial charge < -0.3 is 0 Å². The quantitative estimate of drug-likeness (QED) is 0.760. The van der Waals surface area contributed by atoms with E-state index in [1.807, 2.05) is 45.0 Å². The topological polar surface area (TPSA) is 36.2 Å². The molecule has 0 aromatic heterocycles. The maximum absolute atomic E-state index is 8.48. The second-order valence-electron chi connectivity index (χ2n) is 5.58. The Labute approximate surface area is 127 Å². The summed E-state index contributed by atoms with van der Waals surface area (Å²) in [7, 11) is 0. The number of nitrogens with one attached hydrogen (secondary N) is 1. The first-order valence-corrected chi connectivity index (χ1v) is 7.19. The van der Waals surface area contributed by atoms with E-state index in [1.54, 1.807) is 0 Å². The molecule has 0 bridgehead atoms. The molecule has 0 saturated carbocycles. The van der Waals surface area contributed by atoms with E-state index in [4.69, 9.17) is 10.4 Å². The highest BCUT2D eigenvalue weighted by molar-refractivity contribution is 6.47. The number of nitrogens with zero attached hydrogens (tertiary/aromatic N) is 1. The summed E-state index contributed by atoms with van der Waals surface area (Å²) in [6, 6.07) is 12.3. The van der Waals surface area contributed by atoms with Crippen LogP contribution in [0.2, 0.25) is 0 Å². The number of aryl methyl sites for hydroxylation is 4. The lowest BCUT2D eigenvalue weighted by Crippen LogP contribution is -2.13. The summed E-state index contributed by atoms with van der Waals surface area (Å²) in [5, 5.41) is 8.48. The number of benzene rings is 2. The maximum atomic E-state index is 8.48. The van der Waals surface area contributed by atoms with E-state index in [9.17, 15) is 0 Å². The zero-order chi connectivity index (χ0) is 15.6. The molecule has 0 radical (unpaired) electrons. The van der Waals surface area contributed by atoms with E-state index in [1.165, 1.54) is 0 Å². The van der Waals surface area contributed by atoms with Gasteiger partial charge in [-0.15, -0.1) is 0 Å². The lowest BCUT2D eigenvalue weighted by atomic mass is 9.96. The van der Waals surface area contributed by atoms with Crippen molar-refractivity contribution in [1.82, 2.24) is 0 Å². The molecule has 2 aromatic carbocycles. The number of hydrogen-bond acceptors (Lipinski definition) is 2. The van der Waals surface area contributed by atoms with Crippen molar-refractivity contribution in [2.24, 2.45) is 4.99 Å². The third-order valence-corrected chi connectivity index (χ3v) is 3.81. The van der Waals surface area contributed by atoms with Gasteiger partial charge in [0.05, 0.1) is 17.1 Å². The number of para-hydroxylation sites is 1. The smallest absolute Gasteiger partial charge is 0.0829 e. The van der Waals surface area contributed by atoms with Crippen LogP contribution in [0.25, 0.3) is 0 Å². The van der Waals surface area contributed by atoms with Crippen LogP contribution in [0.5, 0.6) is 0 Å². The molecule has 2 heteroatoms. The molecule has 108 valence electrons. The number of aliphatic imine (C=N–C) groups is 1. The van der Waals surface area contributed by atoms with Crippen molar-refractivity contribution in [3.8, 4) is 0 Å². The Bertz CT molecular complexity index is 684. The molecule has 0 amide bonds. The standard InChI is InChI=1S/C19H22N2/c1-12-8-6-9-13(2)17(12)18(20)16(5)21-19-14(3)10-7-11-15(19)4/h6-11,20H,1-5H3. The largest absolute Gasteiger partial charge is 0.298 e. The van der Waals surface area contributed by atoms with Gasteiger partial charge in [0, 0.05) is 5.56 Å². The molecule has 0 unspecified atom stereocenters. The average Bonchev–Trinajstić information content (AvgIpc) is 2.42. The Morgan fingerprint density at radius 3 is 1.71 bits per heavy atom. The molecule has 1 N–H and O–H groups in total. The van der Waals surface area contributed by atoms with Gasteiger partial charge in [-0.25, -0.2) is 0 Å². The van der Waals surface area contributed by atoms with Crippen LogP contribution in [-0.2, 0) is 0 Å². The minimum atomic E-state index is 0.508. The Hall–Kier alpha value is -2.22. The third-order valence-electron chi connectivity index (χ3n) is 3.81. The van der Waals surface area contributed by atoms with Gasteiger partial charge in [0.25, 0.3) is 0 Å². The summed E-state index contributed by atoms with van der Waals surface area (Å²) in [4.78, 5) is 4.71. The fourth-order valence-electron chi connectivity index (χ4n) is 2.60. The van der Waals surface area contributed by atoms with E-state index in [0.717, 1.165) is 39.2 Å². The molecule has 0 spiro atoms. The fourth-order valence-corrected chi connectivity index (χ4v) is 2.60. The minimum Gasteiger partial charge on any atom is -0.298 e. The lowest BCUT2D eigenvalue weighted by Gasteiger charge is -2.12. The van der Waals surface area contributed by atoms with E-state index >= 15 is 0 Å². The fraction of sp³-hybridized carbons (Fsp3) is 0.263. The molecule has 0 atom stereocenters. The molecule has 0 aliphatic heterocycles. The lowest BCUT2D eigenvalue weighted by molar-refractivity contribution is 1.31. The first-order chi connectivity index (χ1) is 9.91. The molecule has 21 heavy (non-hydrogen) atoms. The molecule has 0 heterocycles. The SMILES string of the molecule is CC(=Nc1c(C)cccc1C)C(=N)c1c(C)cccc1C. The summed E-state index contributed by atoms with van der Waals surface area (Å²) in [5.74, 6) is 0. The normalized spacial score (nSPS) is 11.6.